The molecule has 0 unspecified atom stereocenters. The second-order valence-corrected chi connectivity index (χ2v) is 9.67. The maximum atomic E-state index is 13.4. The first-order chi connectivity index (χ1) is 13.8. The number of carbonyl (C=O) groups excluding carboxylic acids is 1. The largest absolute Gasteiger partial charge is 0.325 e. The van der Waals surface area contributed by atoms with E-state index in [1.807, 2.05) is 36.4 Å². The average molecular weight is 432 g/mol. The van der Waals surface area contributed by atoms with Crippen molar-refractivity contribution in [3.63, 3.8) is 0 Å². The summed E-state index contributed by atoms with van der Waals surface area (Å²) in [5, 5.41) is 12.2. The topological polar surface area (TPSA) is 90.3 Å². The van der Waals surface area contributed by atoms with Crippen molar-refractivity contribution in [2.75, 3.05) is 24.2 Å². The van der Waals surface area contributed by atoms with E-state index in [2.05, 4.69) is 5.32 Å². The van der Waals surface area contributed by atoms with E-state index in [1.165, 1.54) is 4.31 Å². The molecule has 1 fully saturated rings. The third kappa shape index (κ3) is 4.30. The SMILES string of the molecule is CCS(=O)(=O)N1CCC(C(=O)Nc2ccc(C#N)c(Cl)c2)(c2ccccc2)CC1. The summed E-state index contributed by atoms with van der Waals surface area (Å²) in [7, 11) is -3.30. The number of halogens is 1. The molecule has 152 valence electrons. The molecule has 2 aromatic carbocycles. The number of benzene rings is 2. The lowest BCUT2D eigenvalue weighted by atomic mass is 9.72. The average Bonchev–Trinajstić information content (AvgIpc) is 2.74. The Morgan fingerprint density at radius 2 is 1.86 bits per heavy atom. The van der Waals surface area contributed by atoms with E-state index < -0.39 is 15.4 Å². The van der Waals surface area contributed by atoms with Crippen LogP contribution in [0.3, 0.4) is 0 Å². The van der Waals surface area contributed by atoms with Crippen LogP contribution in [0.4, 0.5) is 5.69 Å². The molecule has 0 aliphatic carbocycles. The number of nitriles is 1. The van der Waals surface area contributed by atoms with Crippen LogP contribution in [0.25, 0.3) is 0 Å². The summed E-state index contributed by atoms with van der Waals surface area (Å²) in [5.41, 5.74) is 0.839. The predicted octanol–water partition coefficient (Wildman–Crippen LogP) is 3.53. The van der Waals surface area contributed by atoms with Crippen LogP contribution in [0.15, 0.2) is 48.5 Å². The van der Waals surface area contributed by atoms with E-state index in [4.69, 9.17) is 16.9 Å². The standard InChI is InChI=1S/C21H22ClN3O3S/c1-2-29(27,28)25-12-10-21(11-13-25,17-6-4-3-5-7-17)20(26)24-18-9-8-16(15-23)19(22)14-18/h3-9,14H,2,10-13H2,1H3,(H,24,26). The molecule has 0 bridgehead atoms. The van der Waals surface area contributed by atoms with Crippen molar-refractivity contribution in [3.05, 3.63) is 64.7 Å². The molecule has 1 heterocycles. The zero-order valence-corrected chi connectivity index (χ0v) is 17.6. The third-order valence-electron chi connectivity index (χ3n) is 5.44. The van der Waals surface area contributed by atoms with Crippen LogP contribution in [0.1, 0.15) is 30.9 Å². The molecule has 8 heteroatoms. The summed E-state index contributed by atoms with van der Waals surface area (Å²) in [4.78, 5) is 13.4. The minimum Gasteiger partial charge on any atom is -0.325 e. The molecule has 1 aliphatic heterocycles. The lowest BCUT2D eigenvalue weighted by molar-refractivity contribution is -0.123. The first kappa shape index (κ1) is 21.3. The smallest absolute Gasteiger partial charge is 0.235 e. The first-order valence-corrected chi connectivity index (χ1v) is 11.4. The fourth-order valence-electron chi connectivity index (χ4n) is 3.67. The monoisotopic (exact) mass is 431 g/mol. The van der Waals surface area contributed by atoms with Gasteiger partial charge in [0.15, 0.2) is 0 Å². The zero-order chi connectivity index (χ0) is 21.1. The van der Waals surface area contributed by atoms with Crippen LogP contribution < -0.4 is 5.32 Å². The number of hydrogen-bond acceptors (Lipinski definition) is 4. The Morgan fingerprint density at radius 1 is 1.21 bits per heavy atom. The molecule has 6 nitrogen and oxygen atoms in total. The van der Waals surface area contributed by atoms with Crippen LogP contribution in [-0.4, -0.2) is 37.5 Å². The number of amides is 1. The van der Waals surface area contributed by atoms with Crippen LogP contribution in [0, 0.1) is 11.3 Å². The molecule has 2 aromatic rings. The Bertz CT molecular complexity index is 1040. The number of anilines is 1. The van der Waals surface area contributed by atoms with E-state index in [-0.39, 0.29) is 29.8 Å². The quantitative estimate of drug-likeness (QED) is 0.783. The van der Waals surface area contributed by atoms with E-state index in [0.717, 1.165) is 5.56 Å². The van der Waals surface area contributed by atoms with Gasteiger partial charge in [-0.1, -0.05) is 41.9 Å². The number of nitrogens with one attached hydrogen (secondary N) is 1. The van der Waals surface area contributed by atoms with Gasteiger partial charge in [0.1, 0.15) is 6.07 Å². The van der Waals surface area contributed by atoms with Gasteiger partial charge in [0.25, 0.3) is 0 Å². The van der Waals surface area contributed by atoms with Gasteiger partial charge in [-0.25, -0.2) is 12.7 Å². The van der Waals surface area contributed by atoms with Gasteiger partial charge in [0.2, 0.25) is 15.9 Å². The van der Waals surface area contributed by atoms with Gasteiger partial charge in [-0.05, 0) is 43.5 Å². The lowest BCUT2D eigenvalue weighted by Gasteiger charge is -2.40. The molecule has 0 radical (unpaired) electrons. The predicted molar refractivity (Wildman–Crippen MR) is 113 cm³/mol. The van der Waals surface area contributed by atoms with Gasteiger partial charge < -0.3 is 5.32 Å². The van der Waals surface area contributed by atoms with E-state index >= 15 is 0 Å². The Hall–Kier alpha value is -2.40. The highest BCUT2D eigenvalue weighted by atomic mass is 35.5. The summed E-state index contributed by atoms with van der Waals surface area (Å²) in [6, 6.07) is 16.2. The van der Waals surface area contributed by atoms with E-state index in [9.17, 15) is 13.2 Å². The second kappa shape index (κ2) is 8.54. The van der Waals surface area contributed by atoms with Crippen molar-refractivity contribution in [2.45, 2.75) is 25.2 Å². The van der Waals surface area contributed by atoms with E-state index in [0.29, 0.717) is 24.1 Å². The molecule has 3 rings (SSSR count). The van der Waals surface area contributed by atoms with E-state index in [1.54, 1.807) is 25.1 Å². The van der Waals surface area contributed by atoms with Crippen molar-refractivity contribution >= 4 is 33.2 Å². The van der Waals surface area contributed by atoms with Gasteiger partial charge in [0, 0.05) is 18.8 Å². The highest BCUT2D eigenvalue weighted by Gasteiger charge is 2.44. The summed E-state index contributed by atoms with van der Waals surface area (Å²) < 4.78 is 25.9. The van der Waals surface area contributed by atoms with Gasteiger partial charge >= 0.3 is 0 Å². The Morgan fingerprint density at radius 3 is 2.41 bits per heavy atom. The van der Waals surface area contributed by atoms with Gasteiger partial charge in [-0.15, -0.1) is 0 Å². The number of nitrogens with zero attached hydrogens (tertiary/aromatic N) is 2. The fraction of sp³-hybridized carbons (Fsp3) is 0.333. The summed E-state index contributed by atoms with van der Waals surface area (Å²) in [5.74, 6) is -0.167. The molecular formula is C21H22ClN3O3S. The molecule has 1 amide bonds. The normalized spacial score (nSPS) is 16.7. The Labute approximate surface area is 176 Å². The molecule has 0 spiro atoms. The number of carbonyl (C=O) groups is 1. The molecular weight excluding hydrogens is 410 g/mol. The van der Waals surface area contributed by atoms with Crippen LogP contribution in [0.5, 0.6) is 0 Å². The Kier molecular flexibility index (Phi) is 6.27. The Balaban J connectivity index is 1.90. The highest BCUT2D eigenvalue weighted by molar-refractivity contribution is 7.89. The van der Waals surface area contributed by atoms with Crippen molar-refractivity contribution in [2.24, 2.45) is 0 Å². The fourth-order valence-corrected chi connectivity index (χ4v) is 4.99. The third-order valence-corrected chi connectivity index (χ3v) is 7.64. The number of hydrogen-bond donors (Lipinski definition) is 1. The summed E-state index contributed by atoms with van der Waals surface area (Å²) in [6.45, 7) is 2.19. The van der Waals surface area contributed by atoms with Gasteiger partial charge in [0.05, 0.1) is 21.8 Å². The number of piperidine rings is 1. The van der Waals surface area contributed by atoms with Gasteiger partial charge in [-0.3, -0.25) is 4.79 Å². The van der Waals surface area contributed by atoms with Crippen molar-refractivity contribution < 1.29 is 13.2 Å². The van der Waals surface area contributed by atoms with Crippen molar-refractivity contribution in [1.29, 1.82) is 5.26 Å². The lowest BCUT2D eigenvalue weighted by Crippen LogP contribution is -2.51. The molecule has 1 saturated heterocycles. The highest BCUT2D eigenvalue weighted by Crippen LogP contribution is 2.38. The summed E-state index contributed by atoms with van der Waals surface area (Å²) >= 11 is 6.09. The van der Waals surface area contributed by atoms with Crippen LogP contribution >= 0.6 is 11.6 Å². The molecule has 0 saturated carbocycles. The summed E-state index contributed by atoms with van der Waals surface area (Å²) in [6.07, 6.45) is 0.762. The second-order valence-electron chi connectivity index (χ2n) is 7.01. The molecule has 1 aliphatic rings. The molecule has 29 heavy (non-hydrogen) atoms. The van der Waals surface area contributed by atoms with Crippen molar-refractivity contribution in [3.8, 4) is 6.07 Å². The van der Waals surface area contributed by atoms with Gasteiger partial charge in [-0.2, -0.15) is 5.26 Å². The molecule has 0 aromatic heterocycles. The minimum atomic E-state index is -3.30. The van der Waals surface area contributed by atoms with Crippen LogP contribution in [0.2, 0.25) is 5.02 Å². The van der Waals surface area contributed by atoms with Crippen molar-refractivity contribution in [1.82, 2.24) is 4.31 Å². The maximum absolute atomic E-state index is 13.4. The zero-order valence-electron chi connectivity index (χ0n) is 16.1. The number of rotatable bonds is 5. The molecule has 0 atom stereocenters. The minimum absolute atomic E-state index is 0.0429. The van der Waals surface area contributed by atoms with Crippen LogP contribution in [-0.2, 0) is 20.2 Å². The first-order valence-electron chi connectivity index (χ1n) is 9.37. The molecule has 1 N–H and O–H groups in total. The maximum Gasteiger partial charge on any atom is 0.235 e. The number of sulfonamides is 1.